The molecule has 9 heteroatoms. The van der Waals surface area contributed by atoms with Gasteiger partial charge in [-0.2, -0.15) is 0 Å². The molecule has 0 aromatic heterocycles. The molecule has 224 valence electrons. The van der Waals surface area contributed by atoms with Crippen molar-refractivity contribution in [3.8, 4) is 0 Å². The molecule has 2 fully saturated rings. The van der Waals surface area contributed by atoms with Gasteiger partial charge < -0.3 is 14.4 Å². The van der Waals surface area contributed by atoms with Gasteiger partial charge in [0.15, 0.2) is 15.6 Å². The number of piperidine rings is 1. The van der Waals surface area contributed by atoms with E-state index in [2.05, 4.69) is 0 Å². The number of hydrogen-bond acceptors (Lipinski definition) is 5. The van der Waals surface area contributed by atoms with E-state index in [0.29, 0.717) is 35.9 Å². The van der Waals surface area contributed by atoms with Gasteiger partial charge in [0.2, 0.25) is 5.91 Å². The van der Waals surface area contributed by atoms with E-state index in [1.165, 1.54) is 5.41 Å². The number of nitrogens with zero attached hydrogens (tertiary/aromatic N) is 1. The molecule has 4 rings (SSSR count). The van der Waals surface area contributed by atoms with Gasteiger partial charge >= 0.3 is 0 Å². The summed E-state index contributed by atoms with van der Waals surface area (Å²) in [4.78, 5) is 16.6. The first-order valence-electron chi connectivity index (χ1n) is 14.2. The van der Waals surface area contributed by atoms with Crippen LogP contribution in [0.5, 0.6) is 0 Å². The lowest BCUT2D eigenvalue weighted by molar-refractivity contribution is -0.161. The molecule has 3 unspecified atom stereocenters. The van der Waals surface area contributed by atoms with Crippen molar-refractivity contribution in [2.24, 2.45) is 5.41 Å². The van der Waals surface area contributed by atoms with Gasteiger partial charge in [0.25, 0.3) is 0 Å². The maximum Gasteiger partial charge on any atom is 0.229 e. The van der Waals surface area contributed by atoms with Gasteiger partial charge in [-0.25, -0.2) is 8.42 Å². The Bertz CT molecular complexity index is 1370. The molecule has 6 nitrogen and oxygen atoms in total. The van der Waals surface area contributed by atoms with E-state index in [1.807, 2.05) is 81.1 Å². The lowest BCUT2D eigenvalue weighted by Gasteiger charge is -2.52. The molecule has 0 aliphatic carbocycles. The summed E-state index contributed by atoms with van der Waals surface area (Å²) in [5.74, 6) is -0.879. The van der Waals surface area contributed by atoms with E-state index >= 15 is 0 Å². The summed E-state index contributed by atoms with van der Waals surface area (Å²) in [6.07, 6.45) is 3.00. The lowest BCUT2D eigenvalue weighted by atomic mass is 9.66. The van der Waals surface area contributed by atoms with Crippen molar-refractivity contribution in [1.82, 2.24) is 4.90 Å². The number of sulfone groups is 1. The van der Waals surface area contributed by atoms with Crippen molar-refractivity contribution in [3.63, 3.8) is 0 Å². The highest BCUT2D eigenvalue weighted by Crippen LogP contribution is 2.53. The van der Waals surface area contributed by atoms with Crippen molar-refractivity contribution in [2.75, 3.05) is 6.61 Å². The number of carbonyl (C=O) groups excluding carboxylic acids is 1. The first kappa shape index (κ1) is 32.0. The van der Waals surface area contributed by atoms with E-state index in [0.717, 1.165) is 11.1 Å². The zero-order chi connectivity index (χ0) is 30.2. The number of carbonyl (C=O) groups is 1. The highest BCUT2D eigenvalue weighted by atomic mass is 35.5. The molecule has 0 saturated carbocycles. The van der Waals surface area contributed by atoms with Crippen LogP contribution in [0.1, 0.15) is 83.9 Å². The Balaban J connectivity index is 1.88. The highest BCUT2D eigenvalue weighted by Gasteiger charge is 2.53. The monoisotopic (exact) mass is 621 g/mol. The van der Waals surface area contributed by atoms with Crippen LogP contribution in [0.15, 0.2) is 60.0 Å². The number of rotatable bonds is 9. The van der Waals surface area contributed by atoms with E-state index in [-0.39, 0.29) is 24.0 Å². The van der Waals surface area contributed by atoms with Gasteiger partial charge in [0, 0.05) is 26.8 Å². The normalized spacial score (nSPS) is 27.6. The van der Waals surface area contributed by atoms with Crippen molar-refractivity contribution in [1.29, 1.82) is 0 Å². The van der Waals surface area contributed by atoms with Gasteiger partial charge in [0.1, 0.15) is 0 Å². The van der Waals surface area contributed by atoms with Gasteiger partial charge in [-0.15, -0.1) is 0 Å². The molecule has 2 heterocycles. The van der Waals surface area contributed by atoms with Crippen molar-refractivity contribution >= 4 is 38.9 Å². The fourth-order valence-corrected chi connectivity index (χ4v) is 7.12. The first-order chi connectivity index (χ1) is 19.2. The first-order valence-corrected chi connectivity index (χ1v) is 16.6. The van der Waals surface area contributed by atoms with Crippen LogP contribution >= 0.6 is 23.2 Å². The topological polar surface area (TPSA) is 72.9 Å². The Morgan fingerprint density at radius 1 is 1.05 bits per heavy atom. The second-order valence-electron chi connectivity index (χ2n) is 12.2. The van der Waals surface area contributed by atoms with E-state index in [1.54, 1.807) is 19.9 Å². The van der Waals surface area contributed by atoms with Crippen LogP contribution in [0.2, 0.25) is 10.0 Å². The second-order valence-corrected chi connectivity index (χ2v) is 15.5. The average molecular weight is 623 g/mol. The van der Waals surface area contributed by atoms with Crippen LogP contribution in [-0.4, -0.2) is 49.0 Å². The molecule has 2 saturated heterocycles. The van der Waals surface area contributed by atoms with Crippen molar-refractivity contribution in [2.45, 2.75) is 95.9 Å². The van der Waals surface area contributed by atoms with Crippen LogP contribution in [0.4, 0.5) is 0 Å². The minimum atomic E-state index is -3.47. The Kier molecular flexibility index (Phi) is 9.66. The molecule has 2 aliphatic heterocycles. The van der Waals surface area contributed by atoms with Crippen LogP contribution in [0.25, 0.3) is 0 Å². The smallest absolute Gasteiger partial charge is 0.229 e. The molecule has 0 spiro atoms. The summed E-state index contributed by atoms with van der Waals surface area (Å²) >= 11 is 12.8. The van der Waals surface area contributed by atoms with Gasteiger partial charge in [-0.05, 0) is 82.3 Å². The van der Waals surface area contributed by atoms with E-state index < -0.39 is 32.3 Å². The summed E-state index contributed by atoms with van der Waals surface area (Å²) < 4.78 is 37.6. The summed E-state index contributed by atoms with van der Waals surface area (Å²) in [6, 6.07) is 14.5. The Labute approximate surface area is 254 Å². The molecule has 0 bridgehead atoms. The maximum atomic E-state index is 14.7. The minimum Gasteiger partial charge on any atom is -0.348 e. The molecule has 41 heavy (non-hydrogen) atoms. The number of benzene rings is 2. The van der Waals surface area contributed by atoms with Crippen LogP contribution < -0.4 is 0 Å². The largest absolute Gasteiger partial charge is 0.348 e. The molecular weight excluding hydrogens is 581 g/mol. The van der Waals surface area contributed by atoms with Crippen LogP contribution in [-0.2, 0) is 24.1 Å². The Morgan fingerprint density at radius 2 is 1.73 bits per heavy atom. The molecule has 2 aliphatic rings. The zero-order valence-corrected chi connectivity index (χ0v) is 27.0. The summed E-state index contributed by atoms with van der Waals surface area (Å²) in [7, 11) is -3.47. The maximum absolute atomic E-state index is 14.7. The van der Waals surface area contributed by atoms with Gasteiger partial charge in [-0.3, -0.25) is 4.79 Å². The number of halogens is 2. The quantitative estimate of drug-likeness (QED) is 0.287. The lowest BCUT2D eigenvalue weighted by Crippen LogP contribution is -2.56. The summed E-state index contributed by atoms with van der Waals surface area (Å²) in [6.45, 7) is 11.4. The van der Waals surface area contributed by atoms with Crippen LogP contribution in [0, 0.1) is 5.41 Å². The predicted molar refractivity (Wildman–Crippen MR) is 165 cm³/mol. The molecule has 2 aromatic carbocycles. The van der Waals surface area contributed by atoms with E-state index in [9.17, 15) is 13.2 Å². The third-order valence-electron chi connectivity index (χ3n) is 8.26. The molecule has 2 aromatic rings. The third kappa shape index (κ3) is 7.19. The summed E-state index contributed by atoms with van der Waals surface area (Å²) in [5, 5.41) is 1.93. The SMILES string of the molecule is CC[C@@H](/C=C/S(=O)(=O)C(C)C)N1C(=O)[C@@](C)(CC2COC(C)(C)O2)CC(c2cccc(Cl)c2)C1c1ccc(Cl)cc1. The standard InChI is InChI=1S/C32H41Cl2NO5S/c1-7-26(15-16-41(37,38)21(2)3)35-29(22-11-13-24(33)14-12-22)28(23-9-8-10-25(34)17-23)19-32(6,30(35)36)18-27-20-39-31(4,5)40-27/h8-17,21,26-29H,7,18-20H2,1-6H3/b16-15+/t26-,27?,28?,29?,32-/m0/s1. The number of likely N-dealkylation sites (tertiary alicyclic amines) is 1. The Hall–Kier alpha value is -1.90. The van der Waals surface area contributed by atoms with Crippen molar-refractivity contribution in [3.05, 3.63) is 81.2 Å². The minimum absolute atomic E-state index is 0.0394. The molecule has 0 radical (unpaired) electrons. The zero-order valence-electron chi connectivity index (χ0n) is 24.6. The molecular formula is C32H41Cl2NO5S. The summed E-state index contributed by atoms with van der Waals surface area (Å²) in [5.41, 5.74) is 1.14. The second kappa shape index (κ2) is 12.4. The van der Waals surface area contributed by atoms with Crippen LogP contribution in [0.3, 0.4) is 0 Å². The van der Waals surface area contributed by atoms with Crippen molar-refractivity contribution < 1.29 is 22.7 Å². The Morgan fingerprint density at radius 3 is 2.29 bits per heavy atom. The number of hydrogen-bond donors (Lipinski definition) is 0. The molecule has 0 N–H and O–H groups in total. The fraction of sp³-hybridized carbons (Fsp3) is 0.531. The number of ether oxygens (including phenoxy) is 2. The third-order valence-corrected chi connectivity index (χ3v) is 10.6. The highest BCUT2D eigenvalue weighted by molar-refractivity contribution is 7.94. The molecule has 1 amide bonds. The molecule has 5 atom stereocenters. The predicted octanol–water partition coefficient (Wildman–Crippen LogP) is 7.71. The average Bonchev–Trinajstić information content (AvgIpc) is 3.24. The fourth-order valence-electron chi connectivity index (χ4n) is 6.08. The van der Waals surface area contributed by atoms with Gasteiger partial charge in [0.05, 0.1) is 30.0 Å². The number of amides is 1. The van der Waals surface area contributed by atoms with E-state index in [4.69, 9.17) is 32.7 Å². The van der Waals surface area contributed by atoms with Gasteiger partial charge in [-0.1, -0.05) is 67.4 Å².